The van der Waals surface area contributed by atoms with Gasteiger partial charge < -0.3 is 4.74 Å². The highest BCUT2D eigenvalue weighted by atomic mass is 16.5. The van der Waals surface area contributed by atoms with Gasteiger partial charge in [0, 0.05) is 25.3 Å². The molecule has 0 fully saturated rings. The van der Waals surface area contributed by atoms with E-state index in [2.05, 4.69) is 21.8 Å². The number of hydrogen-bond acceptors (Lipinski definition) is 4. The number of benzene rings is 1. The highest BCUT2D eigenvalue weighted by Gasteiger charge is 2.21. The van der Waals surface area contributed by atoms with E-state index in [1.54, 1.807) is 23.9 Å². The van der Waals surface area contributed by atoms with E-state index in [1.807, 2.05) is 30.3 Å². The molecule has 1 unspecified atom stereocenters. The van der Waals surface area contributed by atoms with Crippen molar-refractivity contribution in [1.29, 1.82) is 0 Å². The molecule has 0 amide bonds. The average Bonchev–Trinajstić information content (AvgIpc) is 2.67. The van der Waals surface area contributed by atoms with Crippen LogP contribution in [0.5, 0.6) is 0 Å². The van der Waals surface area contributed by atoms with Crippen LogP contribution in [0.1, 0.15) is 23.5 Å². The Labute approximate surface area is 145 Å². The molecular weight excluding hydrogens is 314 g/mol. The van der Waals surface area contributed by atoms with Crippen molar-refractivity contribution in [3.63, 3.8) is 0 Å². The fraction of sp³-hybridized carbons (Fsp3) is 0.250. The molecule has 124 valence electrons. The van der Waals surface area contributed by atoms with Crippen LogP contribution in [0.4, 0.5) is 0 Å². The Morgan fingerprint density at radius 1 is 1.24 bits per heavy atom. The van der Waals surface area contributed by atoms with Crippen molar-refractivity contribution in [1.82, 2.24) is 14.5 Å². The van der Waals surface area contributed by atoms with E-state index in [0.717, 1.165) is 24.2 Å². The summed E-state index contributed by atoms with van der Waals surface area (Å²) in [6.07, 6.45) is 3.42. The summed E-state index contributed by atoms with van der Waals surface area (Å²) >= 11 is 0. The molecule has 2 aromatic heterocycles. The number of hydrogen-bond donors (Lipinski definition) is 0. The van der Waals surface area contributed by atoms with Crippen LogP contribution < -0.4 is 5.56 Å². The number of ether oxygens (including phenoxy) is 1. The maximum Gasteiger partial charge on any atom is 0.261 e. The first kappa shape index (κ1) is 15.6. The summed E-state index contributed by atoms with van der Waals surface area (Å²) < 4.78 is 7.13. The van der Waals surface area contributed by atoms with Crippen LogP contribution in [0, 0.1) is 11.8 Å². The predicted octanol–water partition coefficient (Wildman–Crippen LogP) is 2.15. The molecule has 3 aromatic rings. The van der Waals surface area contributed by atoms with Crippen molar-refractivity contribution in [2.75, 3.05) is 7.11 Å². The van der Waals surface area contributed by atoms with E-state index in [-0.39, 0.29) is 11.7 Å². The largest absolute Gasteiger partial charge is 0.380 e. The van der Waals surface area contributed by atoms with Crippen LogP contribution >= 0.6 is 0 Å². The first-order valence-electron chi connectivity index (χ1n) is 8.24. The van der Waals surface area contributed by atoms with E-state index >= 15 is 0 Å². The summed E-state index contributed by atoms with van der Waals surface area (Å²) in [6, 6.07) is 11.1. The second-order valence-electron chi connectivity index (χ2n) is 6.04. The average molecular weight is 331 g/mol. The number of aryl methyl sites for hydroxylation is 1. The fourth-order valence-corrected chi connectivity index (χ4v) is 3.07. The Morgan fingerprint density at radius 3 is 2.96 bits per heavy atom. The first-order valence-corrected chi connectivity index (χ1v) is 8.24. The number of aromatic nitrogens is 3. The lowest BCUT2D eigenvalue weighted by Gasteiger charge is -2.24. The Balaban J connectivity index is 1.75. The van der Waals surface area contributed by atoms with Gasteiger partial charge in [-0.2, -0.15) is 0 Å². The topological polar surface area (TPSA) is 57.0 Å². The van der Waals surface area contributed by atoms with Crippen molar-refractivity contribution in [3.8, 4) is 11.8 Å². The lowest BCUT2D eigenvalue weighted by molar-refractivity contribution is 0.0689. The molecule has 0 radical (unpaired) electrons. The summed E-state index contributed by atoms with van der Waals surface area (Å²) in [5.74, 6) is 6.93. The van der Waals surface area contributed by atoms with E-state index in [0.29, 0.717) is 23.1 Å². The van der Waals surface area contributed by atoms with Crippen LogP contribution in [0.3, 0.4) is 0 Å². The van der Waals surface area contributed by atoms with Gasteiger partial charge in [0.2, 0.25) is 0 Å². The zero-order valence-corrected chi connectivity index (χ0v) is 13.9. The molecule has 5 nitrogen and oxygen atoms in total. The maximum atomic E-state index is 12.7. The van der Waals surface area contributed by atoms with Gasteiger partial charge in [0.1, 0.15) is 11.5 Å². The van der Waals surface area contributed by atoms with Crippen LogP contribution in [0.2, 0.25) is 0 Å². The number of nitrogens with zero attached hydrogens (tertiary/aromatic N) is 3. The second-order valence-corrected chi connectivity index (χ2v) is 6.04. The lowest BCUT2D eigenvalue weighted by atomic mass is 10.1. The van der Waals surface area contributed by atoms with Crippen LogP contribution in [0.25, 0.3) is 10.9 Å². The van der Waals surface area contributed by atoms with Gasteiger partial charge >= 0.3 is 0 Å². The highest BCUT2D eigenvalue weighted by Crippen LogP contribution is 2.17. The minimum Gasteiger partial charge on any atom is -0.380 e. The molecule has 1 aromatic carbocycles. The number of pyridine rings is 1. The van der Waals surface area contributed by atoms with E-state index in [1.165, 1.54) is 0 Å². The zero-order chi connectivity index (χ0) is 17.2. The van der Waals surface area contributed by atoms with Crippen molar-refractivity contribution in [2.45, 2.75) is 25.5 Å². The van der Waals surface area contributed by atoms with Gasteiger partial charge in [-0.05, 0) is 42.7 Å². The fourth-order valence-electron chi connectivity index (χ4n) is 3.07. The molecule has 0 spiro atoms. The molecule has 0 saturated carbocycles. The van der Waals surface area contributed by atoms with E-state index in [4.69, 9.17) is 4.74 Å². The normalized spacial score (nSPS) is 16.1. The van der Waals surface area contributed by atoms with Gasteiger partial charge in [-0.25, -0.2) is 9.97 Å². The smallest absolute Gasteiger partial charge is 0.261 e. The maximum absolute atomic E-state index is 12.7. The van der Waals surface area contributed by atoms with E-state index in [9.17, 15) is 4.79 Å². The third-order valence-electron chi connectivity index (χ3n) is 4.44. The quantitative estimate of drug-likeness (QED) is 0.641. The summed E-state index contributed by atoms with van der Waals surface area (Å²) in [6.45, 7) is 0.564. The number of rotatable bonds is 1. The van der Waals surface area contributed by atoms with Gasteiger partial charge in [0.05, 0.1) is 23.6 Å². The van der Waals surface area contributed by atoms with Crippen LogP contribution in [0.15, 0.2) is 47.4 Å². The molecule has 0 N–H and O–H groups in total. The standard InChI is InChI=1S/C20H17N3O2/c1-25-16-8-10-19-22-18-12-14(5-7-15-4-2-3-11-21-15)6-9-17(18)20(24)23(19)13-16/h2-4,6,9,11-12,16H,8,10,13H2,1H3. The Bertz CT molecular complexity index is 1050. The van der Waals surface area contributed by atoms with Gasteiger partial charge in [-0.3, -0.25) is 9.36 Å². The molecule has 1 aliphatic rings. The molecule has 5 heteroatoms. The second kappa shape index (κ2) is 6.50. The summed E-state index contributed by atoms with van der Waals surface area (Å²) in [7, 11) is 1.68. The third kappa shape index (κ3) is 3.04. The van der Waals surface area contributed by atoms with Crippen LogP contribution in [-0.2, 0) is 17.7 Å². The molecule has 3 heterocycles. The zero-order valence-electron chi connectivity index (χ0n) is 13.9. The molecule has 0 saturated heterocycles. The molecule has 25 heavy (non-hydrogen) atoms. The monoisotopic (exact) mass is 331 g/mol. The van der Waals surface area contributed by atoms with Gasteiger partial charge in [-0.1, -0.05) is 12.0 Å². The van der Waals surface area contributed by atoms with Crippen molar-refractivity contribution < 1.29 is 4.74 Å². The van der Waals surface area contributed by atoms with Crippen molar-refractivity contribution in [3.05, 3.63) is 70.0 Å². The van der Waals surface area contributed by atoms with E-state index < -0.39 is 0 Å². The Kier molecular flexibility index (Phi) is 4.04. The number of methoxy groups -OCH3 is 1. The van der Waals surface area contributed by atoms with Crippen molar-refractivity contribution in [2.24, 2.45) is 0 Å². The van der Waals surface area contributed by atoms with Gasteiger partial charge in [0.15, 0.2) is 0 Å². The molecule has 1 atom stereocenters. The molecule has 1 aliphatic heterocycles. The molecule has 0 aliphatic carbocycles. The minimum atomic E-state index is -0.00835. The molecule has 4 rings (SSSR count). The summed E-state index contributed by atoms with van der Waals surface area (Å²) in [5.41, 5.74) is 2.22. The highest BCUT2D eigenvalue weighted by molar-refractivity contribution is 5.79. The SMILES string of the molecule is COC1CCc2nc3cc(C#Cc4ccccn4)ccc3c(=O)n2C1. The Morgan fingerprint density at radius 2 is 2.16 bits per heavy atom. The molecular formula is C20H17N3O2. The predicted molar refractivity (Wildman–Crippen MR) is 95.3 cm³/mol. The minimum absolute atomic E-state index is 0.00835. The lowest BCUT2D eigenvalue weighted by Crippen LogP contribution is -2.35. The van der Waals surface area contributed by atoms with Crippen LogP contribution in [-0.4, -0.2) is 27.7 Å². The number of fused-ring (bicyclic) bond motifs is 2. The first-order chi connectivity index (χ1) is 12.2. The summed E-state index contributed by atoms with van der Waals surface area (Å²) in [4.78, 5) is 21.6. The third-order valence-corrected chi connectivity index (χ3v) is 4.44. The van der Waals surface area contributed by atoms with Gasteiger partial charge in [0.25, 0.3) is 5.56 Å². The van der Waals surface area contributed by atoms with Gasteiger partial charge in [-0.15, -0.1) is 0 Å². The Hall–Kier alpha value is -2.97. The molecule has 0 bridgehead atoms. The summed E-state index contributed by atoms with van der Waals surface area (Å²) in [5, 5.41) is 0.615. The van der Waals surface area contributed by atoms with Crippen molar-refractivity contribution >= 4 is 10.9 Å².